The van der Waals surface area contributed by atoms with Gasteiger partial charge in [-0.05, 0) is 58.2 Å². The average molecular weight is 254 g/mol. The number of hydrogen-bond acceptors (Lipinski definition) is 2. The van der Waals surface area contributed by atoms with Crippen molar-refractivity contribution >= 4 is 0 Å². The van der Waals surface area contributed by atoms with Gasteiger partial charge in [0, 0.05) is 12.1 Å². The van der Waals surface area contributed by atoms with E-state index < -0.39 is 0 Å². The Bertz CT molecular complexity index is 225. The molecule has 0 saturated heterocycles. The molecule has 0 heterocycles. The molecule has 2 heteroatoms. The molecule has 1 N–H and O–H groups in total. The van der Waals surface area contributed by atoms with Crippen LogP contribution in [0, 0.1) is 11.8 Å². The zero-order valence-electron chi connectivity index (χ0n) is 13.3. The van der Waals surface area contributed by atoms with Gasteiger partial charge in [-0.3, -0.25) is 0 Å². The third kappa shape index (κ3) is 4.89. The highest BCUT2D eigenvalue weighted by molar-refractivity contribution is 4.94. The molecule has 0 aromatic heterocycles. The maximum Gasteiger partial charge on any atom is 0.0330 e. The molecule has 0 bridgehead atoms. The van der Waals surface area contributed by atoms with Crippen LogP contribution in [0.3, 0.4) is 0 Å². The first-order valence-electron chi connectivity index (χ1n) is 7.84. The summed E-state index contributed by atoms with van der Waals surface area (Å²) < 4.78 is 0. The van der Waals surface area contributed by atoms with Crippen LogP contribution in [0.2, 0.25) is 0 Å². The summed E-state index contributed by atoms with van der Waals surface area (Å²) in [6, 6.07) is 0. The fourth-order valence-electron chi connectivity index (χ4n) is 3.31. The summed E-state index contributed by atoms with van der Waals surface area (Å²) in [6.07, 6.45) is 8.20. The van der Waals surface area contributed by atoms with Gasteiger partial charge in [0.1, 0.15) is 0 Å². The number of likely N-dealkylation sites (N-methyl/N-ethyl adjacent to an activating group) is 1. The van der Waals surface area contributed by atoms with Gasteiger partial charge in [0.25, 0.3) is 0 Å². The highest BCUT2D eigenvalue weighted by Crippen LogP contribution is 2.35. The average Bonchev–Trinajstić information content (AvgIpc) is 2.28. The lowest BCUT2D eigenvalue weighted by Crippen LogP contribution is -2.54. The summed E-state index contributed by atoms with van der Waals surface area (Å²) >= 11 is 0. The second kappa shape index (κ2) is 7.49. The van der Waals surface area contributed by atoms with E-state index in [0.29, 0.717) is 5.54 Å². The van der Waals surface area contributed by atoms with Crippen molar-refractivity contribution in [1.29, 1.82) is 0 Å². The molecular formula is C16H34N2. The van der Waals surface area contributed by atoms with Gasteiger partial charge in [0.05, 0.1) is 0 Å². The third-order valence-corrected chi connectivity index (χ3v) is 4.61. The Morgan fingerprint density at radius 3 is 2.61 bits per heavy atom. The van der Waals surface area contributed by atoms with Crippen molar-refractivity contribution in [2.45, 2.75) is 64.8 Å². The van der Waals surface area contributed by atoms with E-state index in [-0.39, 0.29) is 0 Å². The second-order valence-electron chi connectivity index (χ2n) is 7.03. The normalized spacial score (nSPS) is 29.2. The molecule has 0 aromatic carbocycles. The van der Waals surface area contributed by atoms with Crippen LogP contribution in [0.15, 0.2) is 0 Å². The van der Waals surface area contributed by atoms with Crippen molar-refractivity contribution < 1.29 is 0 Å². The number of hydrogen-bond donors (Lipinski definition) is 1. The second-order valence-corrected chi connectivity index (χ2v) is 7.03. The molecule has 0 amide bonds. The fraction of sp³-hybridized carbons (Fsp3) is 1.00. The maximum absolute atomic E-state index is 3.71. The smallest absolute Gasteiger partial charge is 0.0330 e. The van der Waals surface area contributed by atoms with Gasteiger partial charge in [-0.15, -0.1) is 0 Å². The van der Waals surface area contributed by atoms with Crippen LogP contribution >= 0.6 is 0 Å². The lowest BCUT2D eigenvalue weighted by Gasteiger charge is -2.45. The molecule has 1 aliphatic carbocycles. The molecule has 1 aliphatic rings. The first-order valence-corrected chi connectivity index (χ1v) is 7.84. The molecule has 2 atom stereocenters. The lowest BCUT2D eigenvalue weighted by molar-refractivity contribution is 0.0753. The Labute approximate surface area is 115 Å². The summed E-state index contributed by atoms with van der Waals surface area (Å²) in [7, 11) is 4.52. The predicted molar refractivity (Wildman–Crippen MR) is 81.0 cm³/mol. The van der Waals surface area contributed by atoms with Crippen molar-refractivity contribution in [3.8, 4) is 0 Å². The Hall–Kier alpha value is -0.0800. The van der Waals surface area contributed by atoms with Gasteiger partial charge in [0.15, 0.2) is 0 Å². The van der Waals surface area contributed by atoms with Crippen molar-refractivity contribution in [3.63, 3.8) is 0 Å². The van der Waals surface area contributed by atoms with Crippen molar-refractivity contribution in [2.24, 2.45) is 11.8 Å². The zero-order chi connectivity index (χ0) is 13.6. The highest BCUT2D eigenvalue weighted by Gasteiger charge is 2.36. The molecule has 108 valence electrons. The van der Waals surface area contributed by atoms with E-state index in [1.807, 2.05) is 0 Å². The van der Waals surface area contributed by atoms with Crippen LogP contribution in [0.4, 0.5) is 0 Å². The molecule has 0 radical (unpaired) electrons. The molecular weight excluding hydrogens is 220 g/mol. The van der Waals surface area contributed by atoms with E-state index in [0.717, 1.165) is 11.8 Å². The first kappa shape index (κ1) is 16.0. The monoisotopic (exact) mass is 254 g/mol. The summed E-state index contributed by atoms with van der Waals surface area (Å²) in [4.78, 5) is 2.47. The van der Waals surface area contributed by atoms with Crippen LogP contribution in [0.1, 0.15) is 59.3 Å². The van der Waals surface area contributed by atoms with Crippen LogP contribution in [0.5, 0.6) is 0 Å². The Morgan fingerprint density at radius 2 is 2.06 bits per heavy atom. The highest BCUT2D eigenvalue weighted by atomic mass is 15.2. The summed E-state index contributed by atoms with van der Waals surface area (Å²) in [6.45, 7) is 9.38. The van der Waals surface area contributed by atoms with Crippen LogP contribution in [-0.4, -0.2) is 37.6 Å². The van der Waals surface area contributed by atoms with E-state index in [1.54, 1.807) is 0 Å². The quantitative estimate of drug-likeness (QED) is 0.699. The fourth-order valence-corrected chi connectivity index (χ4v) is 3.31. The van der Waals surface area contributed by atoms with E-state index in [2.05, 4.69) is 45.1 Å². The first-order chi connectivity index (χ1) is 8.46. The van der Waals surface area contributed by atoms with Crippen LogP contribution in [-0.2, 0) is 0 Å². The molecule has 2 nitrogen and oxygen atoms in total. The number of rotatable bonds is 7. The van der Waals surface area contributed by atoms with Crippen molar-refractivity contribution in [1.82, 2.24) is 10.2 Å². The van der Waals surface area contributed by atoms with E-state index in [9.17, 15) is 0 Å². The van der Waals surface area contributed by atoms with Gasteiger partial charge >= 0.3 is 0 Å². The lowest BCUT2D eigenvalue weighted by atomic mass is 9.75. The van der Waals surface area contributed by atoms with Crippen LogP contribution in [0.25, 0.3) is 0 Å². The van der Waals surface area contributed by atoms with E-state index in [1.165, 1.54) is 51.6 Å². The minimum Gasteiger partial charge on any atom is -0.315 e. The minimum atomic E-state index is 0.412. The minimum absolute atomic E-state index is 0.412. The summed E-state index contributed by atoms with van der Waals surface area (Å²) in [5.74, 6) is 1.72. The van der Waals surface area contributed by atoms with Crippen molar-refractivity contribution in [3.05, 3.63) is 0 Å². The molecule has 2 unspecified atom stereocenters. The topological polar surface area (TPSA) is 15.3 Å². The Kier molecular flexibility index (Phi) is 6.65. The summed E-state index contributed by atoms with van der Waals surface area (Å²) in [5, 5.41) is 3.71. The molecule has 1 saturated carbocycles. The Balaban J connectivity index is 2.34. The largest absolute Gasteiger partial charge is 0.315 e. The predicted octanol–water partition coefficient (Wildman–Crippen LogP) is 3.52. The molecule has 0 aliphatic heterocycles. The zero-order valence-corrected chi connectivity index (χ0v) is 13.3. The van der Waals surface area contributed by atoms with Gasteiger partial charge < -0.3 is 10.2 Å². The van der Waals surface area contributed by atoms with Gasteiger partial charge in [-0.1, -0.05) is 33.6 Å². The third-order valence-electron chi connectivity index (χ3n) is 4.61. The molecule has 1 fully saturated rings. The molecule has 1 rings (SSSR count). The molecule has 18 heavy (non-hydrogen) atoms. The van der Waals surface area contributed by atoms with E-state index in [4.69, 9.17) is 0 Å². The van der Waals surface area contributed by atoms with E-state index >= 15 is 0 Å². The molecule has 0 spiro atoms. The van der Waals surface area contributed by atoms with Crippen LogP contribution < -0.4 is 5.32 Å². The molecule has 0 aromatic rings. The van der Waals surface area contributed by atoms with Gasteiger partial charge in [0.2, 0.25) is 0 Å². The van der Waals surface area contributed by atoms with Gasteiger partial charge in [-0.25, -0.2) is 0 Å². The Morgan fingerprint density at radius 1 is 1.33 bits per heavy atom. The van der Waals surface area contributed by atoms with Gasteiger partial charge in [-0.2, -0.15) is 0 Å². The maximum atomic E-state index is 3.71. The standard InChI is InChI=1S/C16H34N2/c1-14(2)8-7-11-17-13-16(18(4)5)10-6-9-15(3)12-16/h14-15,17H,6-13H2,1-5H3. The SMILES string of the molecule is CC(C)CCCNCC1(N(C)C)CCCC(C)C1. The summed E-state index contributed by atoms with van der Waals surface area (Å²) in [5.41, 5.74) is 0.412. The number of nitrogens with zero attached hydrogens (tertiary/aromatic N) is 1. The van der Waals surface area contributed by atoms with Crippen molar-refractivity contribution in [2.75, 3.05) is 27.2 Å². The number of nitrogens with one attached hydrogen (secondary N) is 1.